The van der Waals surface area contributed by atoms with Gasteiger partial charge in [-0.15, -0.1) is 5.10 Å². The van der Waals surface area contributed by atoms with Gasteiger partial charge in [0.05, 0.1) is 5.56 Å². The monoisotopic (exact) mass is 310 g/mol. The van der Waals surface area contributed by atoms with Crippen LogP contribution in [0.4, 0.5) is 13.2 Å². The first-order valence-corrected chi connectivity index (χ1v) is 6.97. The fraction of sp³-hybridized carbons (Fsp3) is 0.154. The molecule has 0 saturated heterocycles. The summed E-state index contributed by atoms with van der Waals surface area (Å²) in [5, 5.41) is 4.66. The van der Waals surface area contributed by atoms with Crippen LogP contribution in [0, 0.1) is 0 Å². The Balaban J connectivity index is 1.75. The molecule has 0 radical (unpaired) electrons. The third-order valence-electron chi connectivity index (χ3n) is 2.72. The maximum Gasteiger partial charge on any atom is 0.416 e. The minimum Gasteiger partial charge on any atom is -0.220 e. The van der Waals surface area contributed by atoms with Crippen molar-refractivity contribution < 1.29 is 13.2 Å². The fourth-order valence-electron chi connectivity index (χ4n) is 1.76. The van der Waals surface area contributed by atoms with Gasteiger partial charge in [-0.2, -0.15) is 18.2 Å². The fourth-order valence-corrected chi connectivity index (χ4v) is 2.53. The lowest BCUT2D eigenvalue weighted by atomic mass is 10.1. The molecule has 0 bridgehead atoms. The average Bonchev–Trinajstić information content (AvgIpc) is 2.87. The van der Waals surface area contributed by atoms with Gasteiger partial charge in [-0.3, -0.25) is 0 Å². The number of halogens is 3. The molecule has 0 aliphatic rings. The molecule has 3 rings (SSSR count). The molecule has 0 N–H and O–H groups in total. The predicted molar refractivity (Wildman–Crippen MR) is 71.8 cm³/mol. The molecule has 2 heterocycles. The Morgan fingerprint density at radius 2 is 2.05 bits per heavy atom. The highest BCUT2D eigenvalue weighted by molar-refractivity contribution is 7.98. The number of rotatable bonds is 3. The second-order valence-corrected chi connectivity index (χ2v) is 5.19. The maximum atomic E-state index is 12.6. The normalized spacial score (nSPS) is 12.0. The molecule has 0 unspecified atom stereocenters. The van der Waals surface area contributed by atoms with Crippen molar-refractivity contribution in [2.75, 3.05) is 0 Å². The van der Waals surface area contributed by atoms with Gasteiger partial charge >= 0.3 is 6.18 Å². The zero-order valence-corrected chi connectivity index (χ0v) is 11.4. The van der Waals surface area contributed by atoms with Gasteiger partial charge in [0.15, 0.2) is 0 Å². The summed E-state index contributed by atoms with van der Waals surface area (Å²) in [7, 11) is 0. The van der Waals surface area contributed by atoms with Crippen LogP contribution in [0.3, 0.4) is 0 Å². The number of thioether (sulfide) groups is 1. The molecule has 4 nitrogen and oxygen atoms in total. The number of alkyl halides is 3. The molecular weight excluding hydrogens is 301 g/mol. The van der Waals surface area contributed by atoms with Gasteiger partial charge in [-0.1, -0.05) is 30.0 Å². The number of nitrogens with zero attached hydrogens (tertiary/aromatic N) is 4. The summed E-state index contributed by atoms with van der Waals surface area (Å²) in [5.41, 5.74) is -0.0770. The smallest absolute Gasteiger partial charge is 0.220 e. The Morgan fingerprint density at radius 3 is 2.81 bits per heavy atom. The molecule has 0 atom stereocenters. The van der Waals surface area contributed by atoms with Gasteiger partial charge in [0, 0.05) is 18.1 Å². The minimum absolute atomic E-state index is 0.362. The second-order valence-electron chi connectivity index (χ2n) is 4.25. The lowest BCUT2D eigenvalue weighted by Gasteiger charge is -2.07. The Hall–Kier alpha value is -2.09. The van der Waals surface area contributed by atoms with E-state index in [2.05, 4.69) is 15.1 Å². The third kappa shape index (κ3) is 3.15. The summed E-state index contributed by atoms with van der Waals surface area (Å²) in [4.78, 5) is 8.21. The first-order valence-electron chi connectivity index (χ1n) is 5.99. The standard InChI is InChI=1S/C13H9F3N4S/c14-13(15,16)10-4-1-3-9(7-10)8-21-12-18-11-17-5-2-6-20(11)19-12/h1-7H,8H2. The highest BCUT2D eigenvalue weighted by Gasteiger charge is 2.30. The molecule has 2 aromatic heterocycles. The molecule has 0 fully saturated rings. The second kappa shape index (κ2) is 5.36. The van der Waals surface area contributed by atoms with Crippen LogP contribution < -0.4 is 0 Å². The zero-order chi connectivity index (χ0) is 14.9. The van der Waals surface area contributed by atoms with Crippen molar-refractivity contribution in [3.8, 4) is 0 Å². The van der Waals surface area contributed by atoms with E-state index in [0.717, 1.165) is 12.1 Å². The summed E-state index contributed by atoms with van der Waals surface area (Å²) in [6, 6.07) is 6.97. The van der Waals surface area contributed by atoms with Crippen LogP contribution in [0.25, 0.3) is 5.78 Å². The quantitative estimate of drug-likeness (QED) is 0.695. The van der Waals surface area contributed by atoms with Crippen molar-refractivity contribution in [3.63, 3.8) is 0 Å². The van der Waals surface area contributed by atoms with E-state index in [0.29, 0.717) is 22.3 Å². The van der Waals surface area contributed by atoms with E-state index in [-0.39, 0.29) is 0 Å². The van der Waals surface area contributed by atoms with Crippen LogP contribution in [-0.2, 0) is 11.9 Å². The summed E-state index contributed by atoms with van der Waals surface area (Å²) in [5.74, 6) is 0.824. The number of hydrogen-bond acceptors (Lipinski definition) is 4. The van der Waals surface area contributed by atoms with Crippen molar-refractivity contribution in [1.82, 2.24) is 19.6 Å². The Kier molecular flexibility index (Phi) is 3.54. The zero-order valence-electron chi connectivity index (χ0n) is 10.6. The molecule has 108 valence electrons. The summed E-state index contributed by atoms with van der Waals surface area (Å²) in [6.07, 6.45) is -1.01. The van der Waals surface area contributed by atoms with Crippen molar-refractivity contribution in [3.05, 3.63) is 53.9 Å². The van der Waals surface area contributed by atoms with E-state index < -0.39 is 11.7 Å². The van der Waals surface area contributed by atoms with Gasteiger partial charge < -0.3 is 0 Å². The van der Waals surface area contributed by atoms with Crippen LogP contribution in [-0.4, -0.2) is 19.6 Å². The number of aromatic nitrogens is 4. The molecule has 0 aliphatic carbocycles. The van der Waals surface area contributed by atoms with Crippen molar-refractivity contribution >= 4 is 17.5 Å². The molecule has 0 amide bonds. The lowest BCUT2D eigenvalue weighted by molar-refractivity contribution is -0.137. The predicted octanol–water partition coefficient (Wildman–Crippen LogP) is 3.44. The summed E-state index contributed by atoms with van der Waals surface area (Å²) >= 11 is 1.27. The Labute approximate surface area is 122 Å². The molecular formula is C13H9F3N4S. The summed E-state index contributed by atoms with van der Waals surface area (Å²) < 4.78 is 39.4. The van der Waals surface area contributed by atoms with Gasteiger partial charge in [0.2, 0.25) is 5.16 Å². The highest BCUT2D eigenvalue weighted by Crippen LogP contribution is 2.30. The van der Waals surface area contributed by atoms with Crippen molar-refractivity contribution in [2.45, 2.75) is 17.1 Å². The van der Waals surface area contributed by atoms with Gasteiger partial charge in [0.1, 0.15) is 0 Å². The van der Waals surface area contributed by atoms with Crippen molar-refractivity contribution in [2.24, 2.45) is 0 Å². The van der Waals surface area contributed by atoms with Gasteiger partial charge in [0.25, 0.3) is 5.78 Å². The number of benzene rings is 1. The molecule has 0 aliphatic heterocycles. The first-order chi connectivity index (χ1) is 10.0. The van der Waals surface area contributed by atoms with E-state index in [4.69, 9.17) is 0 Å². The highest BCUT2D eigenvalue weighted by atomic mass is 32.2. The largest absolute Gasteiger partial charge is 0.416 e. The maximum absolute atomic E-state index is 12.6. The molecule has 3 aromatic rings. The van der Waals surface area contributed by atoms with Gasteiger partial charge in [-0.25, -0.2) is 9.50 Å². The topological polar surface area (TPSA) is 43.1 Å². The Bertz CT molecular complexity index is 736. The van der Waals surface area contributed by atoms with Crippen LogP contribution in [0.2, 0.25) is 0 Å². The number of fused-ring (bicyclic) bond motifs is 1. The van der Waals surface area contributed by atoms with Crippen LogP contribution in [0.5, 0.6) is 0 Å². The molecule has 0 saturated carbocycles. The molecule has 21 heavy (non-hydrogen) atoms. The minimum atomic E-state index is -4.33. The van der Waals surface area contributed by atoms with E-state index >= 15 is 0 Å². The first kappa shape index (κ1) is 13.9. The van der Waals surface area contributed by atoms with Crippen LogP contribution in [0.1, 0.15) is 11.1 Å². The van der Waals surface area contributed by atoms with E-state index in [1.165, 1.54) is 22.3 Å². The third-order valence-corrected chi connectivity index (χ3v) is 3.63. The molecule has 8 heteroatoms. The van der Waals surface area contributed by atoms with E-state index in [1.807, 2.05) is 0 Å². The average molecular weight is 310 g/mol. The van der Waals surface area contributed by atoms with E-state index in [9.17, 15) is 13.2 Å². The van der Waals surface area contributed by atoms with E-state index in [1.54, 1.807) is 24.5 Å². The Morgan fingerprint density at radius 1 is 1.19 bits per heavy atom. The molecule has 1 aromatic carbocycles. The van der Waals surface area contributed by atoms with Crippen LogP contribution >= 0.6 is 11.8 Å². The van der Waals surface area contributed by atoms with Crippen LogP contribution in [0.15, 0.2) is 47.9 Å². The van der Waals surface area contributed by atoms with Crippen molar-refractivity contribution in [1.29, 1.82) is 0 Å². The lowest BCUT2D eigenvalue weighted by Crippen LogP contribution is -2.04. The SMILES string of the molecule is FC(F)(F)c1cccc(CSc2nc3ncccn3n2)c1. The van der Waals surface area contributed by atoms with Gasteiger partial charge in [-0.05, 0) is 17.7 Å². The summed E-state index contributed by atoms with van der Waals surface area (Å²) in [6.45, 7) is 0. The number of hydrogen-bond donors (Lipinski definition) is 0. The molecule has 0 spiro atoms.